The van der Waals surface area contributed by atoms with E-state index in [4.69, 9.17) is 11.5 Å². The Bertz CT molecular complexity index is 735. The summed E-state index contributed by atoms with van der Waals surface area (Å²) in [5.74, 6) is 0. The minimum Gasteiger partial charge on any atom is -0.330 e. The van der Waals surface area contributed by atoms with E-state index in [0.717, 1.165) is 22.9 Å². The highest BCUT2D eigenvalue weighted by Gasteiger charge is 2.17. The predicted octanol–water partition coefficient (Wildman–Crippen LogP) is 3.61. The van der Waals surface area contributed by atoms with E-state index >= 15 is 0 Å². The van der Waals surface area contributed by atoms with Gasteiger partial charge in [-0.3, -0.25) is 0 Å². The fraction of sp³-hybridized carbons (Fsp3) is 0.375. The van der Waals surface area contributed by atoms with E-state index in [2.05, 4.69) is 36.2 Å². The Kier molecular flexibility index (Phi) is 5.23. The monoisotopic (exact) mass is 364 g/mol. The molecule has 3 aromatic rings. The average Bonchev–Trinajstić information content (AvgIpc) is 3.19. The van der Waals surface area contributed by atoms with E-state index in [1.54, 1.807) is 34.0 Å². The molecule has 0 radical (unpaired) electrons. The Morgan fingerprint density at radius 1 is 0.783 bits per heavy atom. The summed E-state index contributed by atoms with van der Waals surface area (Å²) >= 11 is 5.21. The zero-order chi connectivity index (χ0) is 16.4. The average molecular weight is 365 g/mol. The SMILES string of the molecule is Cc1cc(CCN)c(-c2nnc(-c3sc(C)cc3CCN)s2)s1. The molecule has 0 atom stereocenters. The second-order valence-electron chi connectivity index (χ2n) is 5.41. The van der Waals surface area contributed by atoms with Crippen LogP contribution < -0.4 is 11.5 Å². The molecule has 0 fully saturated rings. The topological polar surface area (TPSA) is 77.8 Å². The third kappa shape index (κ3) is 3.54. The van der Waals surface area contributed by atoms with Crippen molar-refractivity contribution in [2.45, 2.75) is 26.7 Å². The Labute approximate surface area is 148 Å². The lowest BCUT2D eigenvalue weighted by atomic mass is 10.2. The molecule has 3 aromatic heterocycles. The molecule has 0 saturated carbocycles. The summed E-state index contributed by atoms with van der Waals surface area (Å²) in [5, 5.41) is 10.9. The molecule has 0 saturated heterocycles. The highest BCUT2D eigenvalue weighted by molar-refractivity contribution is 7.26. The molecular weight excluding hydrogens is 344 g/mol. The molecule has 0 aliphatic rings. The fourth-order valence-corrected chi connectivity index (χ4v) is 5.77. The van der Waals surface area contributed by atoms with Crippen LogP contribution >= 0.6 is 34.0 Å². The lowest BCUT2D eigenvalue weighted by Crippen LogP contribution is -2.02. The number of hydrogen-bond acceptors (Lipinski definition) is 7. The van der Waals surface area contributed by atoms with Crippen LogP contribution in [0.1, 0.15) is 20.9 Å². The van der Waals surface area contributed by atoms with Gasteiger partial charge in [-0.05, 0) is 63.0 Å². The van der Waals surface area contributed by atoms with Crippen LogP contribution in [0, 0.1) is 13.8 Å². The van der Waals surface area contributed by atoms with Gasteiger partial charge < -0.3 is 11.5 Å². The molecule has 0 aromatic carbocycles. The minimum atomic E-state index is 0.652. The van der Waals surface area contributed by atoms with Gasteiger partial charge in [0.25, 0.3) is 0 Å². The molecule has 4 nitrogen and oxygen atoms in total. The molecule has 0 aliphatic carbocycles. The van der Waals surface area contributed by atoms with Crippen molar-refractivity contribution in [2.75, 3.05) is 13.1 Å². The van der Waals surface area contributed by atoms with Crippen molar-refractivity contribution in [3.63, 3.8) is 0 Å². The second kappa shape index (κ2) is 7.19. The summed E-state index contributed by atoms with van der Waals surface area (Å²) in [7, 11) is 0. The van der Waals surface area contributed by atoms with E-state index in [1.165, 1.54) is 30.6 Å². The number of nitrogens with zero attached hydrogens (tertiary/aromatic N) is 2. The zero-order valence-corrected chi connectivity index (χ0v) is 15.7. The quantitative estimate of drug-likeness (QED) is 0.700. The van der Waals surface area contributed by atoms with E-state index in [0.29, 0.717) is 13.1 Å². The third-order valence-corrected chi connectivity index (χ3v) is 6.92. The number of hydrogen-bond donors (Lipinski definition) is 2. The van der Waals surface area contributed by atoms with Crippen LogP contribution in [0.25, 0.3) is 19.8 Å². The van der Waals surface area contributed by atoms with Crippen molar-refractivity contribution in [1.82, 2.24) is 10.2 Å². The van der Waals surface area contributed by atoms with Gasteiger partial charge in [-0.2, -0.15) is 0 Å². The molecular formula is C16H20N4S3. The number of rotatable bonds is 6. The summed E-state index contributed by atoms with van der Waals surface area (Å²) in [4.78, 5) is 5.00. The molecule has 0 amide bonds. The van der Waals surface area contributed by atoms with Crippen LogP contribution in [0.2, 0.25) is 0 Å². The van der Waals surface area contributed by atoms with Crippen LogP contribution in [0.4, 0.5) is 0 Å². The number of aromatic nitrogens is 2. The second-order valence-corrected chi connectivity index (χ2v) is 8.90. The minimum absolute atomic E-state index is 0.652. The summed E-state index contributed by atoms with van der Waals surface area (Å²) in [6.45, 7) is 5.55. The molecule has 122 valence electrons. The highest BCUT2D eigenvalue weighted by Crippen LogP contribution is 2.40. The van der Waals surface area contributed by atoms with Crippen molar-refractivity contribution in [3.8, 4) is 19.8 Å². The Balaban J connectivity index is 1.98. The fourth-order valence-electron chi connectivity index (χ4n) is 2.58. The Hall–Kier alpha value is -1.12. The first-order chi connectivity index (χ1) is 11.1. The van der Waals surface area contributed by atoms with E-state index in [1.807, 2.05) is 0 Å². The van der Waals surface area contributed by atoms with Crippen LogP contribution in [-0.4, -0.2) is 23.3 Å². The van der Waals surface area contributed by atoms with Crippen LogP contribution in [0.15, 0.2) is 12.1 Å². The summed E-state index contributed by atoms with van der Waals surface area (Å²) in [6, 6.07) is 4.42. The molecule has 7 heteroatoms. The number of thiophene rings is 2. The van der Waals surface area contributed by atoms with Crippen molar-refractivity contribution < 1.29 is 0 Å². The Morgan fingerprint density at radius 2 is 1.22 bits per heavy atom. The summed E-state index contributed by atoms with van der Waals surface area (Å²) in [5.41, 5.74) is 14.0. The van der Waals surface area contributed by atoms with Crippen molar-refractivity contribution in [2.24, 2.45) is 11.5 Å². The standard InChI is InChI=1S/C16H20N4S3/c1-9-7-11(3-5-17)13(21-9)15-19-20-16(23-15)14-12(4-6-18)8-10(2)22-14/h7-8H,3-6,17-18H2,1-2H3. The van der Waals surface area contributed by atoms with E-state index < -0.39 is 0 Å². The maximum Gasteiger partial charge on any atom is 0.158 e. The molecule has 4 N–H and O–H groups in total. The number of aryl methyl sites for hydroxylation is 2. The van der Waals surface area contributed by atoms with Gasteiger partial charge in [0.05, 0.1) is 9.75 Å². The maximum atomic E-state index is 5.73. The summed E-state index contributed by atoms with van der Waals surface area (Å²) < 4.78 is 0. The normalized spacial score (nSPS) is 11.3. The number of nitrogens with two attached hydrogens (primary N) is 2. The molecule has 0 unspecified atom stereocenters. The lowest BCUT2D eigenvalue weighted by Gasteiger charge is -1.98. The van der Waals surface area contributed by atoms with Gasteiger partial charge in [0.1, 0.15) is 0 Å². The van der Waals surface area contributed by atoms with Crippen molar-refractivity contribution >= 4 is 34.0 Å². The van der Waals surface area contributed by atoms with Gasteiger partial charge >= 0.3 is 0 Å². The van der Waals surface area contributed by atoms with Crippen molar-refractivity contribution in [1.29, 1.82) is 0 Å². The third-order valence-electron chi connectivity index (χ3n) is 3.51. The lowest BCUT2D eigenvalue weighted by molar-refractivity contribution is 0.971. The smallest absolute Gasteiger partial charge is 0.158 e. The molecule has 3 heterocycles. The molecule has 0 aliphatic heterocycles. The molecule has 23 heavy (non-hydrogen) atoms. The van der Waals surface area contributed by atoms with Crippen molar-refractivity contribution in [3.05, 3.63) is 33.0 Å². The van der Waals surface area contributed by atoms with Crippen LogP contribution in [0.3, 0.4) is 0 Å². The van der Waals surface area contributed by atoms with E-state index in [-0.39, 0.29) is 0 Å². The largest absolute Gasteiger partial charge is 0.330 e. The van der Waals surface area contributed by atoms with Gasteiger partial charge in [0.2, 0.25) is 0 Å². The van der Waals surface area contributed by atoms with Crippen LogP contribution in [-0.2, 0) is 12.8 Å². The maximum absolute atomic E-state index is 5.73. The van der Waals surface area contributed by atoms with Gasteiger partial charge in [0.15, 0.2) is 10.0 Å². The summed E-state index contributed by atoms with van der Waals surface area (Å²) in [6.07, 6.45) is 1.76. The first-order valence-electron chi connectivity index (χ1n) is 7.55. The zero-order valence-electron chi connectivity index (χ0n) is 13.3. The molecule has 0 spiro atoms. The Morgan fingerprint density at radius 3 is 1.61 bits per heavy atom. The first kappa shape index (κ1) is 16.7. The molecule has 0 bridgehead atoms. The van der Waals surface area contributed by atoms with Gasteiger partial charge in [-0.1, -0.05) is 11.3 Å². The van der Waals surface area contributed by atoms with Gasteiger partial charge in [-0.25, -0.2) is 0 Å². The first-order valence-corrected chi connectivity index (χ1v) is 10.00. The molecule has 3 rings (SSSR count). The van der Waals surface area contributed by atoms with E-state index in [9.17, 15) is 0 Å². The highest BCUT2D eigenvalue weighted by atomic mass is 32.1. The van der Waals surface area contributed by atoms with Crippen LogP contribution in [0.5, 0.6) is 0 Å². The van der Waals surface area contributed by atoms with Gasteiger partial charge in [0, 0.05) is 9.75 Å². The predicted molar refractivity (Wildman–Crippen MR) is 102 cm³/mol. The van der Waals surface area contributed by atoms with Gasteiger partial charge in [-0.15, -0.1) is 32.9 Å².